The Balaban J connectivity index is 1.71. The Labute approximate surface area is 194 Å². The zero-order valence-electron chi connectivity index (χ0n) is 19.3. The molecule has 0 saturated heterocycles. The zero-order valence-corrected chi connectivity index (χ0v) is 19.3. The average Bonchev–Trinajstić information content (AvgIpc) is 2.83. The topological polar surface area (TPSA) is 73.9 Å². The molecule has 1 N–H and O–H groups in total. The number of nitrogens with one attached hydrogen (secondary N) is 1. The van der Waals surface area contributed by atoms with Crippen LogP contribution in [-0.2, 0) is 20.7 Å². The number of carbonyl (C=O) groups excluding carboxylic acids is 2. The van der Waals surface area contributed by atoms with Crippen molar-refractivity contribution in [1.82, 2.24) is 5.32 Å². The summed E-state index contributed by atoms with van der Waals surface area (Å²) in [6.45, 7) is 2.11. The predicted molar refractivity (Wildman–Crippen MR) is 125 cm³/mol. The quantitative estimate of drug-likeness (QED) is 0.632. The van der Waals surface area contributed by atoms with Crippen LogP contribution in [-0.4, -0.2) is 32.6 Å². The number of dihydropyridines is 1. The monoisotopic (exact) mass is 447 g/mol. The lowest BCUT2D eigenvalue weighted by molar-refractivity contribution is -0.139. The molecule has 0 bridgehead atoms. The van der Waals surface area contributed by atoms with E-state index in [9.17, 15) is 9.59 Å². The lowest BCUT2D eigenvalue weighted by Gasteiger charge is -2.34. The molecule has 4 rings (SSSR count). The molecule has 1 aliphatic carbocycles. The van der Waals surface area contributed by atoms with Crippen LogP contribution in [0, 0.1) is 0 Å². The molecule has 172 valence electrons. The Morgan fingerprint density at radius 3 is 2.58 bits per heavy atom. The fraction of sp³-hybridized carbons (Fsp3) is 0.333. The smallest absolute Gasteiger partial charge is 0.336 e. The van der Waals surface area contributed by atoms with Crippen LogP contribution >= 0.6 is 0 Å². The largest absolute Gasteiger partial charge is 0.497 e. The summed E-state index contributed by atoms with van der Waals surface area (Å²) in [7, 11) is 3.17. The molecule has 1 heterocycles. The highest BCUT2D eigenvalue weighted by atomic mass is 16.5. The van der Waals surface area contributed by atoms with Gasteiger partial charge < -0.3 is 19.5 Å². The van der Waals surface area contributed by atoms with Gasteiger partial charge in [-0.15, -0.1) is 0 Å². The standard InChI is InChI=1S/C27H29NO5/c1-17-24(27(30)33-15-14-18-8-5-4-6-9-18)25(26-21(28-17)10-7-11-22(26)29)20-16-19(31-2)12-13-23(20)32-3/h4-6,8-9,12-13,16,25,28H,7,10-11,14-15H2,1-3H3. The van der Waals surface area contributed by atoms with E-state index in [4.69, 9.17) is 14.2 Å². The minimum atomic E-state index is -0.580. The maximum atomic E-state index is 13.4. The fourth-order valence-corrected chi connectivity index (χ4v) is 4.61. The van der Waals surface area contributed by atoms with Crippen molar-refractivity contribution in [2.24, 2.45) is 0 Å². The van der Waals surface area contributed by atoms with Gasteiger partial charge in [-0.3, -0.25) is 4.79 Å². The lowest BCUT2D eigenvalue weighted by Crippen LogP contribution is -2.34. The van der Waals surface area contributed by atoms with Gasteiger partial charge in [0.2, 0.25) is 0 Å². The van der Waals surface area contributed by atoms with Crippen LogP contribution in [0.1, 0.15) is 43.2 Å². The van der Waals surface area contributed by atoms with Crippen molar-refractivity contribution >= 4 is 11.8 Å². The van der Waals surface area contributed by atoms with E-state index in [1.165, 1.54) is 0 Å². The van der Waals surface area contributed by atoms with Gasteiger partial charge in [-0.1, -0.05) is 30.3 Å². The van der Waals surface area contributed by atoms with Gasteiger partial charge in [0, 0.05) is 35.4 Å². The second-order valence-electron chi connectivity index (χ2n) is 8.25. The van der Waals surface area contributed by atoms with Crippen molar-refractivity contribution in [3.8, 4) is 11.5 Å². The minimum Gasteiger partial charge on any atom is -0.497 e. The van der Waals surface area contributed by atoms with Gasteiger partial charge in [0.05, 0.1) is 32.3 Å². The van der Waals surface area contributed by atoms with E-state index in [1.807, 2.05) is 43.3 Å². The van der Waals surface area contributed by atoms with Crippen molar-refractivity contribution < 1.29 is 23.8 Å². The van der Waals surface area contributed by atoms with Crippen LogP contribution in [0.3, 0.4) is 0 Å². The van der Waals surface area contributed by atoms with Gasteiger partial charge >= 0.3 is 5.97 Å². The van der Waals surface area contributed by atoms with Crippen LogP contribution in [0.4, 0.5) is 0 Å². The Kier molecular flexibility index (Phi) is 6.82. The van der Waals surface area contributed by atoms with E-state index in [-0.39, 0.29) is 12.4 Å². The second kappa shape index (κ2) is 9.94. The summed E-state index contributed by atoms with van der Waals surface area (Å²) in [5, 5.41) is 3.32. The molecule has 0 amide bonds. The van der Waals surface area contributed by atoms with Crippen LogP contribution < -0.4 is 14.8 Å². The summed E-state index contributed by atoms with van der Waals surface area (Å²) in [5.41, 5.74) is 4.44. The van der Waals surface area contributed by atoms with Gasteiger partial charge in [-0.05, 0) is 43.5 Å². The van der Waals surface area contributed by atoms with Gasteiger partial charge in [0.15, 0.2) is 5.78 Å². The third-order valence-corrected chi connectivity index (χ3v) is 6.21. The molecule has 6 heteroatoms. The van der Waals surface area contributed by atoms with E-state index in [0.717, 1.165) is 29.7 Å². The molecule has 1 atom stereocenters. The second-order valence-corrected chi connectivity index (χ2v) is 8.25. The van der Waals surface area contributed by atoms with Crippen LogP contribution in [0.15, 0.2) is 71.1 Å². The average molecular weight is 448 g/mol. The predicted octanol–water partition coefficient (Wildman–Crippen LogP) is 4.46. The first-order valence-corrected chi connectivity index (χ1v) is 11.2. The summed E-state index contributed by atoms with van der Waals surface area (Å²) in [5.74, 6) is 0.249. The Morgan fingerprint density at radius 2 is 1.85 bits per heavy atom. The van der Waals surface area contributed by atoms with E-state index < -0.39 is 11.9 Å². The molecule has 1 aliphatic heterocycles. The fourth-order valence-electron chi connectivity index (χ4n) is 4.61. The number of ether oxygens (including phenoxy) is 3. The summed E-state index contributed by atoms with van der Waals surface area (Å²) in [4.78, 5) is 26.5. The first kappa shape index (κ1) is 22.6. The molecular weight excluding hydrogens is 418 g/mol. The summed E-state index contributed by atoms with van der Waals surface area (Å²) in [6, 6.07) is 15.3. The number of methoxy groups -OCH3 is 2. The van der Waals surface area contributed by atoms with Gasteiger partial charge in [0.1, 0.15) is 11.5 Å². The van der Waals surface area contributed by atoms with Gasteiger partial charge in [-0.2, -0.15) is 0 Å². The third kappa shape index (κ3) is 4.65. The van der Waals surface area contributed by atoms with E-state index in [0.29, 0.717) is 41.2 Å². The Bertz CT molecular complexity index is 1120. The molecule has 6 nitrogen and oxygen atoms in total. The van der Waals surface area contributed by atoms with E-state index >= 15 is 0 Å². The molecule has 0 fully saturated rings. The summed E-state index contributed by atoms with van der Waals surface area (Å²) < 4.78 is 16.8. The van der Waals surface area contributed by atoms with Crippen molar-refractivity contribution in [1.29, 1.82) is 0 Å². The molecule has 1 unspecified atom stereocenters. The van der Waals surface area contributed by atoms with Crippen molar-refractivity contribution in [2.75, 3.05) is 20.8 Å². The molecule has 0 aromatic heterocycles. The molecule has 2 aliphatic rings. The highest BCUT2D eigenvalue weighted by Crippen LogP contribution is 2.46. The van der Waals surface area contributed by atoms with Crippen molar-refractivity contribution in [2.45, 2.75) is 38.5 Å². The highest BCUT2D eigenvalue weighted by molar-refractivity contribution is 6.04. The third-order valence-electron chi connectivity index (χ3n) is 6.21. The van der Waals surface area contributed by atoms with Crippen molar-refractivity contribution in [3.63, 3.8) is 0 Å². The molecule has 0 spiro atoms. The minimum absolute atomic E-state index is 0.0423. The molecular formula is C27H29NO5. The normalized spacial score (nSPS) is 17.9. The van der Waals surface area contributed by atoms with Gasteiger partial charge in [-0.25, -0.2) is 4.79 Å². The number of esters is 1. The first-order chi connectivity index (χ1) is 16.0. The highest BCUT2D eigenvalue weighted by Gasteiger charge is 2.40. The molecule has 2 aromatic rings. The molecule has 33 heavy (non-hydrogen) atoms. The Hall–Kier alpha value is -3.54. The molecule has 2 aromatic carbocycles. The number of hydrogen-bond donors (Lipinski definition) is 1. The van der Waals surface area contributed by atoms with Crippen LogP contribution in [0.25, 0.3) is 0 Å². The number of benzene rings is 2. The SMILES string of the molecule is COc1ccc(OC)c(C2C(C(=O)OCCc3ccccc3)=C(C)NC3=C2C(=O)CCC3)c1. The van der Waals surface area contributed by atoms with Crippen LogP contribution in [0.2, 0.25) is 0 Å². The number of hydrogen-bond acceptors (Lipinski definition) is 6. The number of rotatable bonds is 7. The number of carbonyl (C=O) groups is 2. The maximum Gasteiger partial charge on any atom is 0.336 e. The van der Waals surface area contributed by atoms with E-state index in [1.54, 1.807) is 26.4 Å². The zero-order chi connectivity index (χ0) is 23.4. The van der Waals surface area contributed by atoms with Crippen molar-refractivity contribution in [3.05, 3.63) is 82.2 Å². The van der Waals surface area contributed by atoms with E-state index in [2.05, 4.69) is 5.32 Å². The maximum absolute atomic E-state index is 13.4. The van der Waals surface area contributed by atoms with Crippen LogP contribution in [0.5, 0.6) is 11.5 Å². The number of ketones is 1. The summed E-state index contributed by atoms with van der Waals surface area (Å²) in [6.07, 6.45) is 2.62. The number of Topliss-reactive ketones (excluding diaryl/α,β-unsaturated/α-hetero) is 1. The molecule has 0 saturated carbocycles. The van der Waals surface area contributed by atoms with Gasteiger partial charge in [0.25, 0.3) is 0 Å². The lowest BCUT2D eigenvalue weighted by atomic mass is 9.75. The first-order valence-electron chi connectivity index (χ1n) is 11.2. The Morgan fingerprint density at radius 1 is 1.06 bits per heavy atom. The summed E-state index contributed by atoms with van der Waals surface area (Å²) >= 11 is 0. The molecule has 0 radical (unpaired) electrons. The number of allylic oxidation sites excluding steroid dienone is 3.